The van der Waals surface area contributed by atoms with Crippen LogP contribution in [0.5, 0.6) is 5.75 Å². The third-order valence-electron chi connectivity index (χ3n) is 4.76. The van der Waals surface area contributed by atoms with Crippen molar-refractivity contribution in [3.63, 3.8) is 0 Å². The summed E-state index contributed by atoms with van der Waals surface area (Å²) in [6, 6.07) is 16.1. The number of carbonyl (C=O) groups is 1. The van der Waals surface area contributed by atoms with E-state index in [-0.39, 0.29) is 12.5 Å². The Labute approximate surface area is 163 Å². The average molecular weight is 400 g/mol. The zero-order valence-electron chi connectivity index (χ0n) is 14.9. The molecule has 1 amide bonds. The van der Waals surface area contributed by atoms with Gasteiger partial charge in [0.25, 0.3) is 0 Å². The average Bonchev–Trinajstić information content (AvgIpc) is 3.01. The Kier molecular flexibility index (Phi) is 4.62. The summed E-state index contributed by atoms with van der Waals surface area (Å²) in [5, 5.41) is 11.9. The van der Waals surface area contributed by atoms with Gasteiger partial charge in [-0.2, -0.15) is 13.2 Å². The second-order valence-corrected chi connectivity index (χ2v) is 6.54. The molecule has 5 nitrogen and oxygen atoms in total. The van der Waals surface area contributed by atoms with E-state index in [1.165, 1.54) is 0 Å². The number of nitrogens with one attached hydrogen (secondary N) is 1. The zero-order valence-corrected chi connectivity index (χ0v) is 14.9. The van der Waals surface area contributed by atoms with Crippen molar-refractivity contribution in [2.24, 2.45) is 0 Å². The van der Waals surface area contributed by atoms with Crippen LogP contribution < -0.4 is 5.32 Å². The van der Waals surface area contributed by atoms with Gasteiger partial charge in [0.05, 0.1) is 5.56 Å². The molecule has 0 atom stereocenters. The van der Waals surface area contributed by atoms with Crippen molar-refractivity contribution in [1.29, 1.82) is 0 Å². The lowest BCUT2D eigenvalue weighted by atomic mass is 9.98. The van der Waals surface area contributed by atoms with Crippen LogP contribution >= 0.6 is 0 Å². The minimum atomic E-state index is -4.65. The summed E-state index contributed by atoms with van der Waals surface area (Å²) in [4.78, 5) is 15.6. The Morgan fingerprint density at radius 2 is 1.66 bits per heavy atom. The molecule has 1 aliphatic rings. The van der Waals surface area contributed by atoms with E-state index in [4.69, 9.17) is 4.74 Å². The SMILES string of the molecule is O=C(Nc1ncc(C(F)(F)F)cc1O)OCC1c2ccccc2-c2ccccc21. The number of carbonyl (C=O) groups excluding carboxylic acids is 1. The van der Waals surface area contributed by atoms with Gasteiger partial charge >= 0.3 is 12.3 Å². The van der Waals surface area contributed by atoms with Crippen LogP contribution in [0.15, 0.2) is 60.8 Å². The number of anilines is 1. The quantitative estimate of drug-likeness (QED) is 0.637. The van der Waals surface area contributed by atoms with Crippen molar-refractivity contribution in [1.82, 2.24) is 4.98 Å². The lowest BCUT2D eigenvalue weighted by Gasteiger charge is -2.15. The van der Waals surface area contributed by atoms with E-state index < -0.39 is 29.4 Å². The van der Waals surface area contributed by atoms with E-state index in [1.54, 1.807) is 0 Å². The second-order valence-electron chi connectivity index (χ2n) is 6.54. The summed E-state index contributed by atoms with van der Waals surface area (Å²) < 4.78 is 43.2. The van der Waals surface area contributed by atoms with Gasteiger partial charge < -0.3 is 9.84 Å². The molecule has 1 heterocycles. The normalized spacial score (nSPS) is 12.9. The molecule has 3 aromatic rings. The first kappa shape index (κ1) is 18.8. The number of hydrogen-bond acceptors (Lipinski definition) is 4. The van der Waals surface area contributed by atoms with Crippen LogP contribution in [0.3, 0.4) is 0 Å². The van der Waals surface area contributed by atoms with E-state index in [2.05, 4.69) is 10.3 Å². The molecular formula is C21H15F3N2O3. The zero-order chi connectivity index (χ0) is 20.6. The molecule has 4 rings (SSSR count). The van der Waals surface area contributed by atoms with Crippen LogP contribution in [0.4, 0.5) is 23.8 Å². The molecular weight excluding hydrogens is 385 g/mol. The molecule has 148 valence electrons. The first-order chi connectivity index (χ1) is 13.8. The number of pyridine rings is 1. The van der Waals surface area contributed by atoms with E-state index in [0.29, 0.717) is 12.3 Å². The molecule has 0 bridgehead atoms. The van der Waals surface area contributed by atoms with Gasteiger partial charge in [-0.25, -0.2) is 9.78 Å². The van der Waals surface area contributed by atoms with Crippen molar-refractivity contribution in [3.8, 4) is 16.9 Å². The second kappa shape index (κ2) is 7.12. The Hall–Kier alpha value is -3.55. The molecule has 8 heteroatoms. The molecule has 2 aromatic carbocycles. The molecule has 0 saturated heterocycles. The third kappa shape index (κ3) is 3.61. The lowest BCUT2D eigenvalue weighted by molar-refractivity contribution is -0.137. The Morgan fingerprint density at radius 1 is 1.07 bits per heavy atom. The molecule has 0 spiro atoms. The van der Waals surface area contributed by atoms with Gasteiger partial charge in [0.1, 0.15) is 6.61 Å². The molecule has 1 aromatic heterocycles. The number of fused-ring (bicyclic) bond motifs is 3. The van der Waals surface area contributed by atoms with Crippen molar-refractivity contribution in [2.45, 2.75) is 12.1 Å². The van der Waals surface area contributed by atoms with Crippen molar-refractivity contribution >= 4 is 11.9 Å². The minimum absolute atomic E-state index is 0.0290. The smallest absolute Gasteiger partial charge is 0.418 e. The van der Waals surface area contributed by atoms with E-state index in [0.717, 1.165) is 22.3 Å². The Bertz CT molecular complexity index is 1040. The van der Waals surface area contributed by atoms with Gasteiger partial charge in [0.15, 0.2) is 11.6 Å². The number of alkyl halides is 3. The number of aromatic nitrogens is 1. The highest BCUT2D eigenvalue weighted by Crippen LogP contribution is 2.44. The van der Waals surface area contributed by atoms with E-state index in [1.807, 2.05) is 48.5 Å². The number of hydrogen-bond donors (Lipinski definition) is 2. The van der Waals surface area contributed by atoms with Crippen LogP contribution in [0, 0.1) is 0 Å². The molecule has 0 radical (unpaired) electrons. The van der Waals surface area contributed by atoms with Gasteiger partial charge in [-0.3, -0.25) is 5.32 Å². The standard InChI is InChI=1S/C21H15F3N2O3/c22-21(23,24)12-9-18(27)19(25-10-12)26-20(28)29-11-17-15-7-3-1-5-13(15)14-6-2-4-8-16(14)17/h1-10,17,27H,11H2,(H,25,26,28). The summed E-state index contributed by atoms with van der Waals surface area (Å²) in [5.41, 5.74) is 3.07. The van der Waals surface area contributed by atoms with Crippen LogP contribution in [-0.4, -0.2) is 22.8 Å². The molecule has 0 unspecified atom stereocenters. The number of ether oxygens (including phenoxy) is 1. The van der Waals surface area contributed by atoms with Gasteiger partial charge in [-0.1, -0.05) is 48.5 Å². The number of nitrogens with zero attached hydrogens (tertiary/aromatic N) is 1. The summed E-state index contributed by atoms with van der Waals surface area (Å²) in [5.74, 6) is -1.37. The van der Waals surface area contributed by atoms with Crippen molar-refractivity contribution < 1.29 is 27.8 Å². The van der Waals surface area contributed by atoms with Crippen LogP contribution in [0.1, 0.15) is 22.6 Å². The predicted molar refractivity (Wildman–Crippen MR) is 99.6 cm³/mol. The monoisotopic (exact) mass is 400 g/mol. The van der Waals surface area contributed by atoms with Crippen LogP contribution in [-0.2, 0) is 10.9 Å². The number of aromatic hydroxyl groups is 1. The summed E-state index contributed by atoms with van der Waals surface area (Å²) >= 11 is 0. The summed E-state index contributed by atoms with van der Waals surface area (Å²) in [6.45, 7) is 0.0290. The number of halogens is 3. The molecule has 0 aliphatic heterocycles. The maximum absolute atomic E-state index is 12.6. The number of benzene rings is 2. The first-order valence-electron chi connectivity index (χ1n) is 8.73. The fraction of sp³-hybridized carbons (Fsp3) is 0.143. The Morgan fingerprint density at radius 3 is 2.21 bits per heavy atom. The maximum atomic E-state index is 12.6. The van der Waals surface area contributed by atoms with Crippen LogP contribution in [0.2, 0.25) is 0 Å². The maximum Gasteiger partial charge on any atom is 0.418 e. The van der Waals surface area contributed by atoms with Gasteiger partial charge in [-0.15, -0.1) is 0 Å². The highest BCUT2D eigenvalue weighted by molar-refractivity contribution is 5.85. The lowest BCUT2D eigenvalue weighted by Crippen LogP contribution is -2.19. The van der Waals surface area contributed by atoms with Gasteiger partial charge in [-0.05, 0) is 28.3 Å². The van der Waals surface area contributed by atoms with E-state index in [9.17, 15) is 23.1 Å². The molecule has 1 aliphatic carbocycles. The van der Waals surface area contributed by atoms with Crippen molar-refractivity contribution in [3.05, 3.63) is 77.5 Å². The van der Waals surface area contributed by atoms with Gasteiger partial charge in [0, 0.05) is 12.1 Å². The Balaban J connectivity index is 1.47. The largest absolute Gasteiger partial charge is 0.504 e. The summed E-state index contributed by atoms with van der Waals surface area (Å²) in [7, 11) is 0. The molecule has 0 saturated carbocycles. The fourth-order valence-electron chi connectivity index (χ4n) is 3.44. The topological polar surface area (TPSA) is 71.5 Å². The fourth-order valence-corrected chi connectivity index (χ4v) is 3.44. The third-order valence-corrected chi connectivity index (χ3v) is 4.76. The predicted octanol–water partition coefficient (Wildman–Crippen LogP) is 5.17. The van der Waals surface area contributed by atoms with E-state index >= 15 is 0 Å². The van der Waals surface area contributed by atoms with Crippen molar-refractivity contribution in [2.75, 3.05) is 11.9 Å². The number of rotatable bonds is 3. The van der Waals surface area contributed by atoms with Gasteiger partial charge in [0.2, 0.25) is 0 Å². The number of amides is 1. The molecule has 2 N–H and O–H groups in total. The summed E-state index contributed by atoms with van der Waals surface area (Å²) in [6.07, 6.45) is -5.04. The van der Waals surface area contributed by atoms with Crippen LogP contribution in [0.25, 0.3) is 11.1 Å². The molecule has 29 heavy (non-hydrogen) atoms. The highest BCUT2D eigenvalue weighted by Gasteiger charge is 2.32. The highest BCUT2D eigenvalue weighted by atomic mass is 19.4. The minimum Gasteiger partial charge on any atom is -0.504 e. The first-order valence-corrected chi connectivity index (χ1v) is 8.73. The molecule has 0 fully saturated rings.